The molecule has 1 aromatic heterocycles. The lowest BCUT2D eigenvalue weighted by molar-refractivity contribution is 0.0747. The maximum Gasteiger partial charge on any atom is 0.256 e. The minimum absolute atomic E-state index is 0.00743. The Morgan fingerprint density at radius 1 is 0.778 bits per heavy atom. The lowest BCUT2D eigenvalue weighted by Gasteiger charge is -2.37. The Bertz CT molecular complexity index is 1200. The zero-order valence-corrected chi connectivity index (χ0v) is 20.8. The maximum atomic E-state index is 13.5. The number of anilines is 2. The molecule has 36 heavy (non-hydrogen) atoms. The number of hydrogen-bond donors (Lipinski definition) is 1. The highest BCUT2D eigenvalue weighted by atomic mass is 16.2. The highest BCUT2D eigenvalue weighted by Crippen LogP contribution is 2.26. The van der Waals surface area contributed by atoms with Gasteiger partial charge >= 0.3 is 0 Å². The second-order valence-electron chi connectivity index (χ2n) is 9.53. The summed E-state index contributed by atoms with van der Waals surface area (Å²) in [6.07, 6.45) is 3.51. The Hall–Kier alpha value is -3.87. The fourth-order valence-corrected chi connectivity index (χ4v) is 5.14. The van der Waals surface area contributed by atoms with Crippen LogP contribution in [-0.2, 0) is 0 Å². The Morgan fingerprint density at radius 2 is 1.44 bits per heavy atom. The van der Waals surface area contributed by atoms with Gasteiger partial charge in [0.15, 0.2) is 0 Å². The molecule has 2 aliphatic rings. The second kappa shape index (κ2) is 10.8. The number of aryl methyl sites for hydroxylation is 1. The van der Waals surface area contributed by atoms with E-state index in [1.54, 1.807) is 6.20 Å². The van der Waals surface area contributed by atoms with Gasteiger partial charge in [0.25, 0.3) is 11.8 Å². The number of aromatic nitrogens is 1. The third-order valence-electron chi connectivity index (χ3n) is 7.24. The number of piperazine rings is 1. The van der Waals surface area contributed by atoms with Gasteiger partial charge in [-0.1, -0.05) is 36.4 Å². The summed E-state index contributed by atoms with van der Waals surface area (Å²) in [4.78, 5) is 37.2. The Labute approximate surface area is 212 Å². The fraction of sp³-hybridized carbons (Fsp3) is 0.345. The maximum absolute atomic E-state index is 13.5. The van der Waals surface area contributed by atoms with Gasteiger partial charge in [-0.25, -0.2) is 4.98 Å². The van der Waals surface area contributed by atoms with Crippen LogP contribution >= 0.6 is 0 Å². The van der Waals surface area contributed by atoms with Gasteiger partial charge in [-0.15, -0.1) is 0 Å². The topological polar surface area (TPSA) is 68.8 Å². The van der Waals surface area contributed by atoms with Crippen LogP contribution in [0.4, 0.5) is 11.5 Å². The van der Waals surface area contributed by atoms with Crippen LogP contribution in [0.2, 0.25) is 0 Å². The number of nitrogens with zero attached hydrogens (tertiary/aromatic N) is 4. The number of rotatable bonds is 5. The number of para-hydroxylation sites is 1. The van der Waals surface area contributed by atoms with Crippen LogP contribution in [-0.4, -0.2) is 67.0 Å². The molecule has 0 unspecified atom stereocenters. The van der Waals surface area contributed by atoms with Crippen molar-refractivity contribution in [3.63, 3.8) is 0 Å². The van der Waals surface area contributed by atoms with E-state index in [-0.39, 0.29) is 17.9 Å². The molecule has 0 atom stereocenters. The molecule has 1 N–H and O–H groups in total. The molecule has 186 valence electrons. The smallest absolute Gasteiger partial charge is 0.256 e. The molecular weight excluding hydrogens is 450 g/mol. The van der Waals surface area contributed by atoms with Crippen molar-refractivity contribution in [1.29, 1.82) is 0 Å². The van der Waals surface area contributed by atoms with Crippen LogP contribution < -0.4 is 15.1 Å². The number of nitrogens with one attached hydrogen (secondary N) is 1. The van der Waals surface area contributed by atoms with Gasteiger partial charge in [-0.2, -0.15) is 0 Å². The Morgan fingerprint density at radius 3 is 2.14 bits per heavy atom. The van der Waals surface area contributed by atoms with Crippen molar-refractivity contribution in [2.45, 2.75) is 25.8 Å². The molecule has 3 heterocycles. The third kappa shape index (κ3) is 5.20. The standard InChI is InChI=1S/C29H33N5O2/c1-22-8-2-3-9-24(22)28(35)31-23-13-16-32(17-14-23)26-11-5-4-10-25(26)29(36)34-20-18-33(19-21-34)27-12-6-7-15-30-27/h2-12,15,23H,13-14,16-21H2,1H3,(H,31,35). The number of benzene rings is 2. The van der Waals surface area contributed by atoms with E-state index < -0.39 is 0 Å². The van der Waals surface area contributed by atoms with Gasteiger partial charge in [0.05, 0.1) is 5.56 Å². The number of pyridine rings is 1. The SMILES string of the molecule is Cc1ccccc1C(=O)NC1CCN(c2ccccc2C(=O)N2CCN(c3ccccn3)CC2)CC1. The Kier molecular flexibility index (Phi) is 7.16. The van der Waals surface area contributed by atoms with Gasteiger partial charge < -0.3 is 20.0 Å². The van der Waals surface area contributed by atoms with Gasteiger partial charge in [-0.3, -0.25) is 9.59 Å². The van der Waals surface area contributed by atoms with E-state index in [1.807, 2.05) is 78.6 Å². The predicted octanol–water partition coefficient (Wildman–Crippen LogP) is 3.75. The monoisotopic (exact) mass is 483 g/mol. The normalized spacial score (nSPS) is 16.6. The van der Waals surface area contributed by atoms with E-state index in [2.05, 4.69) is 20.1 Å². The number of amides is 2. The molecule has 2 fully saturated rings. The van der Waals surface area contributed by atoms with Crippen LogP contribution in [0, 0.1) is 6.92 Å². The van der Waals surface area contributed by atoms with Crippen LogP contribution in [0.25, 0.3) is 0 Å². The first kappa shape index (κ1) is 23.9. The number of piperidine rings is 1. The van der Waals surface area contributed by atoms with E-state index in [1.165, 1.54) is 0 Å². The zero-order chi connectivity index (χ0) is 24.9. The molecular formula is C29H33N5O2. The highest BCUT2D eigenvalue weighted by molar-refractivity contribution is 6.00. The summed E-state index contributed by atoms with van der Waals surface area (Å²) in [5, 5.41) is 3.20. The van der Waals surface area contributed by atoms with Gasteiger partial charge in [-0.05, 0) is 55.7 Å². The van der Waals surface area contributed by atoms with Gasteiger partial charge in [0.1, 0.15) is 5.82 Å². The van der Waals surface area contributed by atoms with E-state index >= 15 is 0 Å². The highest BCUT2D eigenvalue weighted by Gasteiger charge is 2.28. The number of carbonyl (C=O) groups excluding carboxylic acids is 2. The van der Waals surface area contributed by atoms with Crippen molar-refractivity contribution in [3.05, 3.63) is 89.6 Å². The summed E-state index contributed by atoms with van der Waals surface area (Å²) >= 11 is 0. The van der Waals surface area contributed by atoms with Crippen LogP contribution in [0.5, 0.6) is 0 Å². The fourth-order valence-electron chi connectivity index (χ4n) is 5.14. The molecule has 0 bridgehead atoms. The molecule has 7 heteroatoms. The summed E-state index contributed by atoms with van der Waals surface area (Å²) in [5.74, 6) is 1.04. The molecule has 0 spiro atoms. The quantitative estimate of drug-likeness (QED) is 0.599. The van der Waals surface area contributed by atoms with Crippen LogP contribution in [0.3, 0.4) is 0 Å². The first-order valence-corrected chi connectivity index (χ1v) is 12.8. The van der Waals surface area contributed by atoms with Crippen molar-refractivity contribution < 1.29 is 9.59 Å². The molecule has 2 aliphatic heterocycles. The van der Waals surface area contributed by atoms with Crippen molar-refractivity contribution in [2.24, 2.45) is 0 Å². The zero-order valence-electron chi connectivity index (χ0n) is 20.8. The molecule has 5 rings (SSSR count). The lowest BCUT2D eigenvalue weighted by Crippen LogP contribution is -2.49. The summed E-state index contributed by atoms with van der Waals surface area (Å²) in [5.41, 5.74) is 3.46. The molecule has 2 saturated heterocycles. The van der Waals surface area contributed by atoms with Crippen molar-refractivity contribution in [2.75, 3.05) is 49.1 Å². The van der Waals surface area contributed by atoms with Crippen molar-refractivity contribution in [1.82, 2.24) is 15.2 Å². The minimum Gasteiger partial charge on any atom is -0.371 e. The molecule has 0 saturated carbocycles. The molecule has 0 aliphatic carbocycles. The van der Waals surface area contributed by atoms with Crippen molar-refractivity contribution in [3.8, 4) is 0 Å². The van der Waals surface area contributed by atoms with E-state index in [4.69, 9.17) is 0 Å². The minimum atomic E-state index is -0.00743. The molecule has 3 aromatic rings. The van der Waals surface area contributed by atoms with Crippen LogP contribution in [0.1, 0.15) is 39.1 Å². The predicted molar refractivity (Wildman–Crippen MR) is 143 cm³/mol. The van der Waals surface area contributed by atoms with E-state index in [0.29, 0.717) is 13.1 Å². The summed E-state index contributed by atoms with van der Waals surface area (Å²) < 4.78 is 0. The van der Waals surface area contributed by atoms with Gasteiger partial charge in [0.2, 0.25) is 0 Å². The summed E-state index contributed by atoms with van der Waals surface area (Å²) in [6.45, 7) is 6.47. The van der Waals surface area contributed by atoms with E-state index in [9.17, 15) is 9.59 Å². The average Bonchev–Trinajstić information content (AvgIpc) is 2.94. The molecule has 7 nitrogen and oxygen atoms in total. The number of carbonyl (C=O) groups is 2. The average molecular weight is 484 g/mol. The molecule has 2 aromatic carbocycles. The lowest BCUT2D eigenvalue weighted by atomic mass is 10.0. The first-order valence-electron chi connectivity index (χ1n) is 12.8. The molecule has 2 amide bonds. The largest absolute Gasteiger partial charge is 0.371 e. The third-order valence-corrected chi connectivity index (χ3v) is 7.24. The summed E-state index contributed by atoms with van der Waals surface area (Å²) in [7, 11) is 0. The number of hydrogen-bond acceptors (Lipinski definition) is 5. The first-order chi connectivity index (χ1) is 17.6. The van der Waals surface area contributed by atoms with Crippen LogP contribution in [0.15, 0.2) is 72.9 Å². The molecule has 0 radical (unpaired) electrons. The van der Waals surface area contributed by atoms with E-state index in [0.717, 1.165) is 67.2 Å². The second-order valence-corrected chi connectivity index (χ2v) is 9.53. The Balaban J connectivity index is 1.19. The summed E-state index contributed by atoms with van der Waals surface area (Å²) in [6, 6.07) is 21.7. The van der Waals surface area contributed by atoms with Crippen molar-refractivity contribution >= 4 is 23.3 Å². The van der Waals surface area contributed by atoms with Gasteiger partial charge in [0, 0.05) is 62.8 Å².